The Labute approximate surface area is 398 Å². The molecule has 0 aromatic rings. The Hall–Kier alpha value is -2.40. The Morgan fingerprint density at radius 1 is 0.328 bits per heavy atom. The minimum Gasteiger partial charge on any atom is -0.463 e. The molecular weight excluding hydrogens is 789 g/mol. The zero-order valence-electron chi connectivity index (χ0n) is 42.8. The lowest BCUT2D eigenvalue weighted by Crippen LogP contribution is -2.29. The van der Waals surface area contributed by atoms with Crippen LogP contribution < -0.4 is 0 Å². The fourth-order valence-corrected chi connectivity index (χ4v) is 7.82. The number of rotatable bonds is 51. The largest absolute Gasteiger partial charge is 0.463 e. The predicted octanol–water partition coefficient (Wildman–Crippen LogP) is 18.9. The second kappa shape index (κ2) is 54.9. The number of allylic oxidation sites excluding steroid dienone is 10. The van der Waals surface area contributed by atoms with Gasteiger partial charge >= 0.3 is 11.9 Å². The van der Waals surface area contributed by atoms with Gasteiger partial charge in [0.05, 0.1) is 0 Å². The quantitative estimate of drug-likeness (QED) is 0.0346. The third kappa shape index (κ3) is 52.2. The third-order valence-corrected chi connectivity index (χ3v) is 12.1. The lowest BCUT2D eigenvalue weighted by atomic mass is 10.0. The highest BCUT2D eigenvalue weighted by molar-refractivity contribution is 5.69. The van der Waals surface area contributed by atoms with Crippen LogP contribution in [0, 0.1) is 0 Å². The molecule has 0 aromatic heterocycles. The molecule has 1 atom stereocenters. The summed E-state index contributed by atoms with van der Waals surface area (Å²) in [5.74, 6) is -0.366. The molecule has 372 valence electrons. The molecule has 0 aliphatic carbocycles. The third-order valence-electron chi connectivity index (χ3n) is 12.1. The van der Waals surface area contributed by atoms with Crippen molar-refractivity contribution in [3.63, 3.8) is 0 Å². The second-order valence-electron chi connectivity index (χ2n) is 18.5. The van der Waals surface area contributed by atoms with E-state index in [1.54, 1.807) is 0 Å². The van der Waals surface area contributed by atoms with Crippen LogP contribution in [0.15, 0.2) is 60.8 Å². The van der Waals surface area contributed by atoms with Crippen molar-refractivity contribution in [2.24, 2.45) is 0 Å². The van der Waals surface area contributed by atoms with Gasteiger partial charge in [-0.05, 0) is 89.9 Å². The Bertz CT molecular complexity index is 1100. The molecule has 0 aliphatic heterocycles. The first kappa shape index (κ1) is 61.6. The SMILES string of the molecule is CCCCC/C=C\C/C=C\C/C=C\CCCCCCC(=O)OC[C@H](COC(=O)CCCCCCC/C=C\C/C=C\CCCCC)OCCCCCCCCCCCCCCCCCC. The maximum atomic E-state index is 12.6. The van der Waals surface area contributed by atoms with Crippen LogP contribution in [0.25, 0.3) is 0 Å². The van der Waals surface area contributed by atoms with Gasteiger partial charge in [0.1, 0.15) is 19.3 Å². The highest BCUT2D eigenvalue weighted by Gasteiger charge is 2.16. The zero-order chi connectivity index (χ0) is 46.3. The van der Waals surface area contributed by atoms with Crippen molar-refractivity contribution < 1.29 is 23.8 Å². The molecule has 0 N–H and O–H groups in total. The van der Waals surface area contributed by atoms with Gasteiger partial charge in [-0.25, -0.2) is 0 Å². The van der Waals surface area contributed by atoms with Gasteiger partial charge in [0.25, 0.3) is 0 Å². The molecule has 0 amide bonds. The summed E-state index contributed by atoms with van der Waals surface area (Å²) < 4.78 is 17.5. The smallest absolute Gasteiger partial charge is 0.305 e. The predicted molar refractivity (Wildman–Crippen MR) is 279 cm³/mol. The Morgan fingerprint density at radius 3 is 0.953 bits per heavy atom. The number of ether oxygens (including phenoxy) is 3. The first-order valence-electron chi connectivity index (χ1n) is 27.8. The van der Waals surface area contributed by atoms with E-state index in [2.05, 4.69) is 81.5 Å². The maximum absolute atomic E-state index is 12.6. The monoisotopic (exact) mass is 895 g/mol. The zero-order valence-corrected chi connectivity index (χ0v) is 42.8. The summed E-state index contributed by atoms with van der Waals surface area (Å²) in [6.45, 7) is 7.67. The maximum Gasteiger partial charge on any atom is 0.305 e. The van der Waals surface area contributed by atoms with Crippen LogP contribution in [0.4, 0.5) is 0 Å². The molecular formula is C59H106O5. The molecule has 0 saturated carbocycles. The van der Waals surface area contributed by atoms with Crippen molar-refractivity contribution in [3.05, 3.63) is 60.8 Å². The molecule has 0 heterocycles. The van der Waals surface area contributed by atoms with Gasteiger partial charge in [-0.2, -0.15) is 0 Å². The standard InChI is InChI=1S/C59H106O5/c1-4-7-10-13-16-19-22-25-28-30-32-35-38-41-44-47-50-53-59(61)64-56-57(62-54-51-48-45-42-39-36-33-29-26-23-20-17-14-11-8-5-2)55-63-58(60)52-49-46-43-40-37-34-31-27-24-21-18-15-12-9-6-3/h16,18-19,21,25,27-28,31-32,35,57H,4-15,17,20,22-24,26,29-30,33-34,36-56H2,1-3H3/b19-16-,21-18-,28-25-,31-27-,35-32-/t57-/m0/s1. The van der Waals surface area contributed by atoms with Gasteiger partial charge in [-0.1, -0.05) is 236 Å². The first-order chi connectivity index (χ1) is 31.6. The molecule has 5 nitrogen and oxygen atoms in total. The average Bonchev–Trinajstić information content (AvgIpc) is 3.30. The van der Waals surface area contributed by atoms with E-state index in [9.17, 15) is 9.59 Å². The van der Waals surface area contributed by atoms with Gasteiger partial charge in [0, 0.05) is 19.4 Å². The lowest BCUT2D eigenvalue weighted by molar-refractivity contribution is -0.155. The molecule has 0 saturated heterocycles. The van der Waals surface area contributed by atoms with Crippen LogP contribution in [-0.4, -0.2) is 37.9 Å². The molecule has 5 heteroatoms. The Kier molecular flexibility index (Phi) is 52.9. The van der Waals surface area contributed by atoms with Gasteiger partial charge in [-0.15, -0.1) is 0 Å². The summed E-state index contributed by atoms with van der Waals surface area (Å²) in [5.41, 5.74) is 0. The molecule has 0 rings (SSSR count). The molecule has 0 aliphatic rings. The van der Waals surface area contributed by atoms with Crippen molar-refractivity contribution in [2.75, 3.05) is 19.8 Å². The summed E-state index contributed by atoms with van der Waals surface area (Å²) in [7, 11) is 0. The van der Waals surface area contributed by atoms with Crippen LogP contribution in [-0.2, 0) is 23.8 Å². The van der Waals surface area contributed by atoms with Crippen molar-refractivity contribution >= 4 is 11.9 Å². The summed E-state index contributed by atoms with van der Waals surface area (Å²) in [5, 5.41) is 0. The summed E-state index contributed by atoms with van der Waals surface area (Å²) >= 11 is 0. The van der Waals surface area contributed by atoms with Crippen LogP contribution >= 0.6 is 0 Å². The molecule has 0 fully saturated rings. The van der Waals surface area contributed by atoms with Gasteiger partial charge in [0.15, 0.2) is 0 Å². The Morgan fingerprint density at radius 2 is 0.594 bits per heavy atom. The van der Waals surface area contributed by atoms with E-state index in [4.69, 9.17) is 14.2 Å². The van der Waals surface area contributed by atoms with Crippen molar-refractivity contribution in [2.45, 2.75) is 284 Å². The molecule has 0 bridgehead atoms. The fraction of sp³-hybridized carbons (Fsp3) is 0.797. The van der Waals surface area contributed by atoms with Crippen LogP contribution in [0.3, 0.4) is 0 Å². The number of unbranched alkanes of at least 4 members (excludes halogenated alkanes) is 30. The van der Waals surface area contributed by atoms with Crippen LogP contribution in [0.5, 0.6) is 0 Å². The number of carbonyl (C=O) groups excluding carboxylic acids is 2. The molecule has 0 aromatic carbocycles. The number of hydrogen-bond acceptors (Lipinski definition) is 5. The minimum absolute atomic E-state index is 0.142. The normalized spacial score (nSPS) is 12.6. The molecule has 0 unspecified atom stereocenters. The fourth-order valence-electron chi connectivity index (χ4n) is 7.82. The van der Waals surface area contributed by atoms with Crippen LogP contribution in [0.2, 0.25) is 0 Å². The highest BCUT2D eigenvalue weighted by Crippen LogP contribution is 2.15. The minimum atomic E-state index is -0.414. The highest BCUT2D eigenvalue weighted by atomic mass is 16.6. The van der Waals surface area contributed by atoms with E-state index in [1.807, 2.05) is 0 Å². The molecule has 0 spiro atoms. The first-order valence-corrected chi connectivity index (χ1v) is 27.8. The van der Waals surface area contributed by atoms with E-state index in [0.717, 1.165) is 89.9 Å². The van der Waals surface area contributed by atoms with Gasteiger partial charge in [0.2, 0.25) is 0 Å². The average molecular weight is 895 g/mol. The number of esters is 2. The topological polar surface area (TPSA) is 61.8 Å². The van der Waals surface area contributed by atoms with Gasteiger partial charge in [-0.3, -0.25) is 9.59 Å². The second-order valence-corrected chi connectivity index (χ2v) is 18.5. The van der Waals surface area contributed by atoms with Crippen molar-refractivity contribution in [1.82, 2.24) is 0 Å². The number of carbonyl (C=O) groups is 2. The summed E-state index contributed by atoms with van der Waals surface area (Å²) in [6.07, 6.45) is 69.6. The molecule has 0 radical (unpaired) electrons. The summed E-state index contributed by atoms with van der Waals surface area (Å²) in [4.78, 5) is 25.3. The van der Waals surface area contributed by atoms with Crippen molar-refractivity contribution in [3.8, 4) is 0 Å². The van der Waals surface area contributed by atoms with Crippen LogP contribution in [0.1, 0.15) is 278 Å². The summed E-state index contributed by atoms with van der Waals surface area (Å²) in [6, 6.07) is 0. The number of hydrogen-bond donors (Lipinski definition) is 0. The Balaban J connectivity index is 4.31. The van der Waals surface area contributed by atoms with E-state index in [-0.39, 0.29) is 25.2 Å². The van der Waals surface area contributed by atoms with Gasteiger partial charge < -0.3 is 14.2 Å². The van der Waals surface area contributed by atoms with E-state index in [0.29, 0.717) is 19.4 Å². The molecule has 64 heavy (non-hydrogen) atoms. The van der Waals surface area contributed by atoms with E-state index < -0.39 is 6.10 Å². The van der Waals surface area contributed by atoms with Crippen molar-refractivity contribution in [1.29, 1.82) is 0 Å². The van der Waals surface area contributed by atoms with E-state index >= 15 is 0 Å². The van der Waals surface area contributed by atoms with E-state index in [1.165, 1.54) is 154 Å². The lowest BCUT2D eigenvalue weighted by Gasteiger charge is -2.18.